The molecule has 0 atom stereocenters. The van der Waals surface area contributed by atoms with Gasteiger partial charge in [0, 0.05) is 18.5 Å². The fourth-order valence-electron chi connectivity index (χ4n) is 3.55. The van der Waals surface area contributed by atoms with Gasteiger partial charge in [0.1, 0.15) is 6.61 Å². The van der Waals surface area contributed by atoms with Crippen LogP contribution < -0.4 is 21.5 Å². The summed E-state index contributed by atoms with van der Waals surface area (Å²) in [5, 5.41) is 3.03. The number of amides is 1. The molecule has 0 spiro atoms. The molecule has 1 aliphatic carbocycles. The van der Waals surface area contributed by atoms with E-state index in [1.165, 1.54) is 6.33 Å². The van der Waals surface area contributed by atoms with Crippen LogP contribution in [0, 0.1) is 5.92 Å². The van der Waals surface area contributed by atoms with Gasteiger partial charge in [-0.1, -0.05) is 24.3 Å². The molecule has 6 N–H and O–H groups in total. The number of anilines is 1. The third kappa shape index (κ3) is 4.62. The number of carbonyl (C=O) groups is 1. The van der Waals surface area contributed by atoms with Crippen LogP contribution in [-0.2, 0) is 17.9 Å². The molecule has 3 aromatic rings. The summed E-state index contributed by atoms with van der Waals surface area (Å²) >= 11 is 0. The van der Waals surface area contributed by atoms with E-state index in [1.54, 1.807) is 0 Å². The smallest absolute Gasteiger partial charge is 0.247 e. The Labute approximate surface area is 168 Å². The molecule has 4 rings (SSSR count). The minimum atomic E-state index is 0.0849. The van der Waals surface area contributed by atoms with E-state index >= 15 is 0 Å². The number of nitrogens with one attached hydrogen (secondary N) is 2. The molecule has 1 saturated carbocycles. The predicted molar refractivity (Wildman–Crippen MR) is 109 cm³/mol. The third-order valence-corrected chi connectivity index (χ3v) is 5.27. The van der Waals surface area contributed by atoms with E-state index in [0.717, 1.165) is 36.8 Å². The number of imidazole rings is 1. The lowest BCUT2D eigenvalue weighted by Gasteiger charge is -2.25. The van der Waals surface area contributed by atoms with Crippen molar-refractivity contribution in [3.05, 3.63) is 41.7 Å². The van der Waals surface area contributed by atoms with Crippen molar-refractivity contribution in [1.82, 2.24) is 25.3 Å². The second-order valence-corrected chi connectivity index (χ2v) is 7.42. The third-order valence-electron chi connectivity index (χ3n) is 5.27. The van der Waals surface area contributed by atoms with E-state index in [4.69, 9.17) is 16.2 Å². The van der Waals surface area contributed by atoms with Crippen LogP contribution in [0.1, 0.15) is 36.8 Å². The van der Waals surface area contributed by atoms with E-state index in [-0.39, 0.29) is 23.8 Å². The van der Waals surface area contributed by atoms with Gasteiger partial charge in [-0.2, -0.15) is 9.97 Å². The van der Waals surface area contributed by atoms with Crippen molar-refractivity contribution in [2.75, 3.05) is 5.73 Å². The molecule has 1 fully saturated rings. The van der Waals surface area contributed by atoms with Gasteiger partial charge >= 0.3 is 0 Å². The number of carbonyl (C=O) groups excluding carboxylic acids is 1. The second kappa shape index (κ2) is 8.44. The highest BCUT2D eigenvalue weighted by molar-refractivity contribution is 5.78. The summed E-state index contributed by atoms with van der Waals surface area (Å²) in [6.07, 6.45) is 5.13. The molecular formula is C20H25N7O2. The molecule has 2 heterocycles. The Morgan fingerprint density at radius 3 is 2.62 bits per heavy atom. The predicted octanol–water partition coefficient (Wildman–Crippen LogP) is 1.65. The number of hydrogen-bond acceptors (Lipinski definition) is 7. The Morgan fingerprint density at radius 2 is 1.86 bits per heavy atom. The average molecular weight is 395 g/mol. The van der Waals surface area contributed by atoms with Crippen LogP contribution in [0.5, 0.6) is 5.88 Å². The van der Waals surface area contributed by atoms with Gasteiger partial charge in [0.2, 0.25) is 17.7 Å². The molecule has 1 aliphatic rings. The van der Waals surface area contributed by atoms with E-state index in [1.807, 2.05) is 24.3 Å². The zero-order valence-electron chi connectivity index (χ0n) is 16.1. The number of hydrogen-bond donors (Lipinski definition) is 4. The standard InChI is InChI=1S/C20H25N7O2/c21-15-7-5-14(6-8-15)18(28)23-9-12-1-3-13(4-2-12)10-29-19-16-17(25-11-24-16)26-20(22)27-19/h1-4,11,14-15H,5-10,21H2,(H,23,28)(H3,22,24,25,26,27)/t14-,15-. The summed E-state index contributed by atoms with van der Waals surface area (Å²) in [6.45, 7) is 0.840. The summed E-state index contributed by atoms with van der Waals surface area (Å²) in [5.41, 5.74) is 14.7. The van der Waals surface area contributed by atoms with Crippen LogP contribution in [0.25, 0.3) is 11.2 Å². The number of aromatic amines is 1. The quantitative estimate of drug-likeness (QED) is 0.496. The molecule has 9 nitrogen and oxygen atoms in total. The Kier molecular flexibility index (Phi) is 5.57. The Morgan fingerprint density at radius 1 is 1.14 bits per heavy atom. The number of benzene rings is 1. The number of nitrogens with zero attached hydrogens (tertiary/aromatic N) is 3. The number of aromatic nitrogens is 4. The number of ether oxygens (including phenoxy) is 1. The van der Waals surface area contributed by atoms with Gasteiger partial charge in [-0.3, -0.25) is 4.79 Å². The Bertz CT molecular complexity index is 978. The molecule has 1 amide bonds. The van der Waals surface area contributed by atoms with Crippen molar-refractivity contribution < 1.29 is 9.53 Å². The zero-order valence-corrected chi connectivity index (χ0v) is 16.1. The van der Waals surface area contributed by atoms with E-state index in [0.29, 0.717) is 30.2 Å². The molecule has 29 heavy (non-hydrogen) atoms. The minimum Gasteiger partial charge on any atom is -0.471 e. The number of nitrogens with two attached hydrogens (primary N) is 2. The molecule has 0 radical (unpaired) electrons. The first-order valence-electron chi connectivity index (χ1n) is 9.79. The van der Waals surface area contributed by atoms with Crippen LogP contribution in [-0.4, -0.2) is 31.9 Å². The maximum atomic E-state index is 12.3. The lowest BCUT2D eigenvalue weighted by Crippen LogP contribution is -2.35. The zero-order chi connectivity index (χ0) is 20.2. The largest absolute Gasteiger partial charge is 0.471 e. The first kappa shape index (κ1) is 19.1. The normalized spacial score (nSPS) is 19.2. The van der Waals surface area contributed by atoms with Gasteiger partial charge in [0.25, 0.3) is 0 Å². The first-order chi connectivity index (χ1) is 14.1. The lowest BCUT2D eigenvalue weighted by molar-refractivity contribution is -0.126. The summed E-state index contributed by atoms with van der Waals surface area (Å²) in [4.78, 5) is 27.5. The number of nitrogen functional groups attached to an aromatic ring is 1. The minimum absolute atomic E-state index is 0.0849. The lowest BCUT2D eigenvalue weighted by atomic mass is 9.86. The van der Waals surface area contributed by atoms with Gasteiger partial charge in [-0.05, 0) is 36.8 Å². The summed E-state index contributed by atoms with van der Waals surface area (Å²) in [6, 6.07) is 8.14. The molecular weight excluding hydrogens is 370 g/mol. The highest BCUT2D eigenvalue weighted by Crippen LogP contribution is 2.23. The molecule has 1 aromatic carbocycles. The first-order valence-corrected chi connectivity index (χ1v) is 9.79. The summed E-state index contributed by atoms with van der Waals surface area (Å²) < 4.78 is 5.78. The van der Waals surface area contributed by atoms with E-state index < -0.39 is 0 Å². The van der Waals surface area contributed by atoms with E-state index in [9.17, 15) is 4.79 Å². The van der Waals surface area contributed by atoms with Crippen LogP contribution in [0.3, 0.4) is 0 Å². The van der Waals surface area contributed by atoms with Crippen molar-refractivity contribution in [2.24, 2.45) is 11.7 Å². The fourth-order valence-corrected chi connectivity index (χ4v) is 3.55. The molecule has 152 valence electrons. The van der Waals surface area contributed by atoms with Gasteiger partial charge < -0.3 is 26.5 Å². The van der Waals surface area contributed by atoms with Crippen LogP contribution in [0.15, 0.2) is 30.6 Å². The van der Waals surface area contributed by atoms with Gasteiger partial charge in [0.05, 0.1) is 6.33 Å². The number of rotatable bonds is 6. The molecule has 2 aromatic heterocycles. The topological polar surface area (TPSA) is 145 Å². The average Bonchev–Trinajstić information content (AvgIpc) is 3.20. The Hall–Kier alpha value is -3.20. The van der Waals surface area contributed by atoms with Crippen molar-refractivity contribution in [2.45, 2.75) is 44.9 Å². The molecule has 9 heteroatoms. The van der Waals surface area contributed by atoms with E-state index in [2.05, 4.69) is 25.3 Å². The molecule has 0 unspecified atom stereocenters. The van der Waals surface area contributed by atoms with Crippen molar-refractivity contribution >= 4 is 23.0 Å². The van der Waals surface area contributed by atoms with Gasteiger partial charge in [-0.25, -0.2) is 4.98 Å². The Balaban J connectivity index is 1.30. The molecule has 0 aliphatic heterocycles. The van der Waals surface area contributed by atoms with Crippen molar-refractivity contribution in [3.63, 3.8) is 0 Å². The maximum absolute atomic E-state index is 12.3. The van der Waals surface area contributed by atoms with Gasteiger partial charge in [0.15, 0.2) is 11.2 Å². The highest BCUT2D eigenvalue weighted by atomic mass is 16.5. The maximum Gasteiger partial charge on any atom is 0.247 e. The summed E-state index contributed by atoms with van der Waals surface area (Å²) in [5.74, 6) is 0.676. The van der Waals surface area contributed by atoms with Crippen LogP contribution in [0.2, 0.25) is 0 Å². The van der Waals surface area contributed by atoms with Gasteiger partial charge in [-0.15, -0.1) is 0 Å². The number of H-pyrrole nitrogens is 1. The van der Waals surface area contributed by atoms with Crippen LogP contribution in [0.4, 0.5) is 5.95 Å². The fraction of sp³-hybridized carbons (Fsp3) is 0.400. The number of fused-ring (bicyclic) bond motifs is 1. The molecule has 0 bridgehead atoms. The SMILES string of the molecule is Nc1nc(OCc2ccc(CNC(=O)[C@H]3CC[C@H](N)CC3)cc2)c2nc[nH]c2n1. The van der Waals surface area contributed by atoms with Crippen molar-refractivity contribution in [3.8, 4) is 5.88 Å². The van der Waals surface area contributed by atoms with Crippen LogP contribution >= 0.6 is 0 Å². The second-order valence-electron chi connectivity index (χ2n) is 7.42. The molecule has 0 saturated heterocycles. The van der Waals surface area contributed by atoms with Crippen molar-refractivity contribution in [1.29, 1.82) is 0 Å². The summed E-state index contributed by atoms with van der Waals surface area (Å²) in [7, 11) is 0. The monoisotopic (exact) mass is 395 g/mol. The highest BCUT2D eigenvalue weighted by Gasteiger charge is 2.24.